The number of rotatable bonds is 10. The van der Waals surface area contributed by atoms with Gasteiger partial charge in [0.05, 0.1) is 20.8 Å². The molecule has 3 aromatic carbocycles. The maximum absolute atomic E-state index is 13.0. The van der Waals surface area contributed by atoms with E-state index in [4.69, 9.17) is 14.6 Å². The molecule has 8 nitrogen and oxygen atoms in total. The summed E-state index contributed by atoms with van der Waals surface area (Å²) in [5, 5.41) is 10.6. The van der Waals surface area contributed by atoms with Crippen LogP contribution in [0.5, 0.6) is 11.5 Å². The number of carbonyl (C=O) groups is 1. The second-order valence-electron chi connectivity index (χ2n) is 7.94. The smallest absolute Gasteiger partial charge is 0.255 e. The first-order valence-electron chi connectivity index (χ1n) is 10.8. The molecule has 3 aromatic rings. The van der Waals surface area contributed by atoms with Gasteiger partial charge in [-0.15, -0.1) is 0 Å². The van der Waals surface area contributed by atoms with Gasteiger partial charge in [0, 0.05) is 23.9 Å². The summed E-state index contributed by atoms with van der Waals surface area (Å²) in [5.74, 6) is 0.194. The van der Waals surface area contributed by atoms with Crippen molar-refractivity contribution in [3.8, 4) is 22.6 Å². The molecule has 0 atom stereocenters. The fraction of sp³-hybridized carbons (Fsp3) is 0.240. The molecule has 0 fully saturated rings. The lowest BCUT2D eigenvalue weighted by atomic mass is 9.94. The number of anilines is 1. The lowest BCUT2D eigenvalue weighted by molar-refractivity contribution is 0.102. The zero-order chi connectivity index (χ0) is 26.5. The number of methoxy groups -OCH3 is 2. The van der Waals surface area contributed by atoms with Gasteiger partial charge in [0.2, 0.25) is 10.0 Å². The Hall–Kier alpha value is -3.54. The molecular formula is C25H27F2N3O5S. The highest BCUT2D eigenvalue weighted by atomic mass is 32.2. The standard InChI is InChI=1S/C25H27F2N3O5S/c1-15-10-19(34-2)6-8-20(15)21-7-4-16(11-17(21)13-29-14-24(26)27)25(31)30-18-5-9-23(36(28,32)33)22(12-18)35-3/h4-12,24,29H,13-14H2,1-3H3,(H,30,31)(H2,28,32,33). The predicted octanol–water partition coefficient (Wildman–Crippen LogP) is 3.93. The van der Waals surface area contributed by atoms with E-state index in [0.29, 0.717) is 11.3 Å². The van der Waals surface area contributed by atoms with E-state index >= 15 is 0 Å². The summed E-state index contributed by atoms with van der Waals surface area (Å²) in [5.41, 5.74) is 3.81. The van der Waals surface area contributed by atoms with Gasteiger partial charge in [-0.25, -0.2) is 22.3 Å². The molecule has 0 heterocycles. The first kappa shape index (κ1) is 27.1. The van der Waals surface area contributed by atoms with Crippen LogP contribution in [0.2, 0.25) is 0 Å². The fourth-order valence-corrected chi connectivity index (χ4v) is 4.39. The molecule has 0 saturated heterocycles. The van der Waals surface area contributed by atoms with Crippen LogP contribution in [0.15, 0.2) is 59.5 Å². The van der Waals surface area contributed by atoms with Crippen molar-refractivity contribution in [2.75, 3.05) is 26.1 Å². The van der Waals surface area contributed by atoms with Crippen LogP contribution in [0.1, 0.15) is 21.5 Å². The van der Waals surface area contributed by atoms with E-state index in [1.807, 2.05) is 19.1 Å². The summed E-state index contributed by atoms with van der Waals surface area (Å²) in [7, 11) is -1.15. The number of halogens is 2. The Labute approximate surface area is 208 Å². The third kappa shape index (κ3) is 6.56. The molecule has 36 heavy (non-hydrogen) atoms. The minimum absolute atomic E-state index is 0.0162. The number of carbonyl (C=O) groups excluding carboxylic acids is 1. The van der Waals surface area contributed by atoms with E-state index in [2.05, 4.69) is 10.6 Å². The summed E-state index contributed by atoms with van der Waals surface area (Å²) >= 11 is 0. The number of nitrogens with two attached hydrogens (primary N) is 1. The molecule has 11 heteroatoms. The second kappa shape index (κ2) is 11.5. The number of ether oxygens (including phenoxy) is 2. The van der Waals surface area contributed by atoms with Gasteiger partial charge in [0.1, 0.15) is 16.4 Å². The number of primary sulfonamides is 1. The number of amides is 1. The number of hydrogen-bond acceptors (Lipinski definition) is 6. The molecule has 192 valence electrons. The minimum atomic E-state index is -4.01. The molecule has 0 aliphatic carbocycles. The van der Waals surface area contributed by atoms with Crippen LogP contribution in [0.3, 0.4) is 0 Å². The van der Waals surface area contributed by atoms with Crippen molar-refractivity contribution in [1.29, 1.82) is 0 Å². The quantitative estimate of drug-likeness (QED) is 0.373. The van der Waals surface area contributed by atoms with Crippen LogP contribution >= 0.6 is 0 Å². The highest BCUT2D eigenvalue weighted by molar-refractivity contribution is 7.89. The summed E-state index contributed by atoms with van der Waals surface area (Å²) in [6.45, 7) is 1.53. The average molecular weight is 520 g/mol. The molecule has 3 rings (SSSR count). The molecule has 0 spiro atoms. The lowest BCUT2D eigenvalue weighted by Gasteiger charge is -2.16. The van der Waals surface area contributed by atoms with Crippen LogP contribution in [-0.4, -0.2) is 41.5 Å². The van der Waals surface area contributed by atoms with Gasteiger partial charge in [-0.05, 0) is 65.6 Å². The maximum Gasteiger partial charge on any atom is 0.255 e. The van der Waals surface area contributed by atoms with Crippen molar-refractivity contribution in [3.63, 3.8) is 0 Å². The van der Waals surface area contributed by atoms with Crippen molar-refractivity contribution in [3.05, 3.63) is 71.3 Å². The largest absolute Gasteiger partial charge is 0.497 e. The van der Waals surface area contributed by atoms with E-state index in [0.717, 1.165) is 16.7 Å². The molecule has 1 amide bonds. The minimum Gasteiger partial charge on any atom is -0.497 e. The molecule has 0 bridgehead atoms. The van der Waals surface area contributed by atoms with Crippen LogP contribution in [0.4, 0.5) is 14.5 Å². The summed E-state index contributed by atoms with van der Waals surface area (Å²) in [6.07, 6.45) is -2.52. The van der Waals surface area contributed by atoms with E-state index in [9.17, 15) is 22.0 Å². The Morgan fingerprint density at radius 1 is 1.00 bits per heavy atom. The Morgan fingerprint density at radius 2 is 1.72 bits per heavy atom. The number of hydrogen-bond donors (Lipinski definition) is 3. The number of benzene rings is 3. The summed E-state index contributed by atoms with van der Waals surface area (Å²) in [6, 6.07) is 14.5. The monoisotopic (exact) mass is 519 g/mol. The average Bonchev–Trinajstić information content (AvgIpc) is 2.83. The van der Waals surface area contributed by atoms with Crippen molar-refractivity contribution in [1.82, 2.24) is 5.32 Å². The van der Waals surface area contributed by atoms with E-state index < -0.39 is 28.9 Å². The molecule has 4 N–H and O–H groups in total. The van der Waals surface area contributed by atoms with Crippen molar-refractivity contribution >= 4 is 21.6 Å². The van der Waals surface area contributed by atoms with Gasteiger partial charge < -0.3 is 20.1 Å². The molecule has 0 aromatic heterocycles. The van der Waals surface area contributed by atoms with E-state index in [1.54, 1.807) is 31.4 Å². The molecule has 0 unspecified atom stereocenters. The number of aryl methyl sites for hydroxylation is 1. The van der Waals surface area contributed by atoms with Gasteiger partial charge in [0.15, 0.2) is 0 Å². The number of nitrogens with one attached hydrogen (secondary N) is 2. The zero-order valence-corrected chi connectivity index (χ0v) is 20.8. The van der Waals surface area contributed by atoms with Crippen LogP contribution in [0, 0.1) is 6.92 Å². The van der Waals surface area contributed by atoms with Crippen molar-refractivity contribution in [2.24, 2.45) is 5.14 Å². The van der Waals surface area contributed by atoms with E-state index in [-0.39, 0.29) is 28.4 Å². The highest BCUT2D eigenvalue weighted by Crippen LogP contribution is 2.31. The normalized spacial score (nSPS) is 11.4. The van der Waals surface area contributed by atoms with Crippen molar-refractivity contribution < 1.29 is 31.5 Å². The second-order valence-corrected chi connectivity index (χ2v) is 9.47. The van der Waals surface area contributed by atoms with E-state index in [1.165, 1.54) is 25.3 Å². The lowest BCUT2D eigenvalue weighted by Crippen LogP contribution is -2.21. The first-order chi connectivity index (χ1) is 17.0. The van der Waals surface area contributed by atoms with Gasteiger partial charge in [0.25, 0.3) is 12.3 Å². The Morgan fingerprint density at radius 3 is 2.33 bits per heavy atom. The maximum atomic E-state index is 13.0. The summed E-state index contributed by atoms with van der Waals surface area (Å²) in [4.78, 5) is 12.8. The SMILES string of the molecule is COc1ccc(-c2ccc(C(=O)Nc3ccc(S(N)(=O)=O)c(OC)c3)cc2CNCC(F)F)c(C)c1. The van der Waals surface area contributed by atoms with Gasteiger partial charge in [-0.3, -0.25) is 4.79 Å². The molecular weight excluding hydrogens is 492 g/mol. The molecule has 0 aliphatic heterocycles. The molecule has 0 saturated carbocycles. The summed E-state index contributed by atoms with van der Waals surface area (Å²) < 4.78 is 59.2. The third-order valence-corrected chi connectivity index (χ3v) is 6.38. The Kier molecular flexibility index (Phi) is 8.62. The molecule has 0 radical (unpaired) electrons. The number of alkyl halides is 2. The Balaban J connectivity index is 1.94. The van der Waals surface area contributed by atoms with Gasteiger partial charge >= 0.3 is 0 Å². The van der Waals surface area contributed by atoms with Crippen LogP contribution in [0.25, 0.3) is 11.1 Å². The third-order valence-electron chi connectivity index (χ3n) is 5.43. The topological polar surface area (TPSA) is 120 Å². The highest BCUT2D eigenvalue weighted by Gasteiger charge is 2.17. The van der Waals surface area contributed by atoms with Crippen LogP contribution < -0.4 is 25.2 Å². The van der Waals surface area contributed by atoms with Crippen molar-refractivity contribution in [2.45, 2.75) is 24.8 Å². The number of sulfonamides is 1. The van der Waals surface area contributed by atoms with Crippen LogP contribution in [-0.2, 0) is 16.6 Å². The molecule has 0 aliphatic rings. The fourth-order valence-electron chi connectivity index (χ4n) is 3.71. The van der Waals surface area contributed by atoms with Gasteiger partial charge in [-0.2, -0.15) is 0 Å². The zero-order valence-electron chi connectivity index (χ0n) is 20.0. The van der Waals surface area contributed by atoms with Gasteiger partial charge in [-0.1, -0.05) is 12.1 Å². The first-order valence-corrected chi connectivity index (χ1v) is 12.4. The Bertz CT molecular complexity index is 1360. The predicted molar refractivity (Wildman–Crippen MR) is 133 cm³/mol.